The highest BCUT2D eigenvalue weighted by Crippen LogP contribution is 2.40. The van der Waals surface area contributed by atoms with Crippen molar-refractivity contribution < 1.29 is 9.18 Å². The van der Waals surface area contributed by atoms with Gasteiger partial charge in [0.1, 0.15) is 16.7 Å². The third-order valence-electron chi connectivity index (χ3n) is 4.25. The topological polar surface area (TPSA) is 93.3 Å². The molecule has 0 radical (unpaired) electrons. The monoisotopic (exact) mass is 393 g/mol. The number of carbonyl (C=O) groups excluding carboxylic acids is 1. The number of anilines is 1. The molecule has 9 heteroatoms. The Morgan fingerprint density at radius 2 is 2.23 bits per heavy atom. The molecule has 0 saturated heterocycles. The highest BCUT2D eigenvalue weighted by atomic mass is 35.5. The van der Waals surface area contributed by atoms with Gasteiger partial charge in [-0.25, -0.2) is 14.4 Å². The molecular formula is C17H17ClFN5OS. The van der Waals surface area contributed by atoms with E-state index in [1.54, 1.807) is 6.07 Å². The number of benzene rings is 1. The molecule has 1 aromatic heterocycles. The molecule has 26 heavy (non-hydrogen) atoms. The number of amidine groups is 1. The molecule has 1 amide bonds. The Bertz CT molecular complexity index is 861. The van der Waals surface area contributed by atoms with Crippen molar-refractivity contribution in [2.24, 2.45) is 10.7 Å². The van der Waals surface area contributed by atoms with Crippen LogP contribution in [0.3, 0.4) is 0 Å². The molecule has 1 aliphatic heterocycles. The summed E-state index contributed by atoms with van der Waals surface area (Å²) < 4.78 is 14.6. The molecule has 1 aromatic carbocycles. The summed E-state index contributed by atoms with van der Waals surface area (Å²) in [5.74, 6) is -0.0707. The minimum atomic E-state index is -0.722. The molecule has 3 rings (SSSR count). The van der Waals surface area contributed by atoms with Crippen LogP contribution in [0.25, 0.3) is 0 Å². The van der Waals surface area contributed by atoms with E-state index in [1.165, 1.54) is 36.3 Å². The first-order valence-electron chi connectivity index (χ1n) is 8.00. The van der Waals surface area contributed by atoms with E-state index in [0.29, 0.717) is 29.3 Å². The SMILES string of the molecule is CC[C@@]1(c2cc(NC(=O)c3cnc(Cl)cn3)ccc2F)CCSC(N)=N1. The number of aliphatic imine (C=N–C) groups is 1. The molecular weight excluding hydrogens is 377 g/mol. The van der Waals surface area contributed by atoms with Crippen LogP contribution in [0.4, 0.5) is 10.1 Å². The fourth-order valence-corrected chi connectivity index (χ4v) is 3.83. The summed E-state index contributed by atoms with van der Waals surface area (Å²) in [7, 11) is 0. The number of rotatable bonds is 4. The number of hydrogen-bond donors (Lipinski definition) is 2. The molecule has 0 fully saturated rings. The van der Waals surface area contributed by atoms with Gasteiger partial charge in [0.15, 0.2) is 5.17 Å². The Morgan fingerprint density at radius 1 is 1.42 bits per heavy atom. The summed E-state index contributed by atoms with van der Waals surface area (Å²) in [5, 5.41) is 3.34. The summed E-state index contributed by atoms with van der Waals surface area (Å²) in [4.78, 5) is 24.6. The minimum absolute atomic E-state index is 0.113. The van der Waals surface area contributed by atoms with E-state index in [9.17, 15) is 9.18 Å². The molecule has 2 aromatic rings. The second-order valence-electron chi connectivity index (χ2n) is 5.81. The second kappa shape index (κ2) is 7.59. The fourth-order valence-electron chi connectivity index (χ4n) is 2.85. The maximum atomic E-state index is 14.6. The molecule has 136 valence electrons. The summed E-state index contributed by atoms with van der Waals surface area (Å²) >= 11 is 7.13. The Labute approximate surface area is 159 Å². The average Bonchev–Trinajstić information content (AvgIpc) is 2.63. The average molecular weight is 394 g/mol. The van der Waals surface area contributed by atoms with Gasteiger partial charge in [0.2, 0.25) is 0 Å². The maximum Gasteiger partial charge on any atom is 0.275 e. The van der Waals surface area contributed by atoms with Gasteiger partial charge in [-0.1, -0.05) is 30.3 Å². The molecule has 0 saturated carbocycles. The summed E-state index contributed by atoms with van der Waals surface area (Å²) in [5.41, 5.74) is 6.13. The number of carbonyl (C=O) groups is 1. The van der Waals surface area contributed by atoms with Crippen molar-refractivity contribution >= 4 is 40.1 Å². The van der Waals surface area contributed by atoms with Gasteiger partial charge >= 0.3 is 0 Å². The predicted molar refractivity (Wildman–Crippen MR) is 102 cm³/mol. The normalized spacial score (nSPS) is 19.7. The summed E-state index contributed by atoms with van der Waals surface area (Å²) in [6.45, 7) is 1.95. The lowest BCUT2D eigenvalue weighted by molar-refractivity contribution is 0.102. The highest BCUT2D eigenvalue weighted by Gasteiger charge is 2.35. The van der Waals surface area contributed by atoms with E-state index >= 15 is 0 Å². The van der Waals surface area contributed by atoms with Crippen LogP contribution in [0.2, 0.25) is 5.15 Å². The molecule has 0 aliphatic carbocycles. The number of nitrogens with zero attached hydrogens (tertiary/aromatic N) is 3. The highest BCUT2D eigenvalue weighted by molar-refractivity contribution is 8.13. The number of nitrogens with two attached hydrogens (primary N) is 1. The van der Waals surface area contributed by atoms with Crippen molar-refractivity contribution in [3.05, 3.63) is 52.8 Å². The smallest absolute Gasteiger partial charge is 0.275 e. The maximum absolute atomic E-state index is 14.6. The Balaban J connectivity index is 1.91. The largest absolute Gasteiger partial charge is 0.379 e. The summed E-state index contributed by atoms with van der Waals surface area (Å²) in [6, 6.07) is 4.42. The number of amides is 1. The van der Waals surface area contributed by atoms with E-state index in [1.807, 2.05) is 6.92 Å². The van der Waals surface area contributed by atoms with Crippen molar-refractivity contribution in [1.29, 1.82) is 0 Å². The predicted octanol–water partition coefficient (Wildman–Crippen LogP) is 3.58. The van der Waals surface area contributed by atoms with Crippen LogP contribution in [0, 0.1) is 5.82 Å². The van der Waals surface area contributed by atoms with Gasteiger partial charge in [-0.3, -0.25) is 9.79 Å². The van der Waals surface area contributed by atoms with E-state index in [0.717, 1.165) is 5.75 Å². The van der Waals surface area contributed by atoms with Crippen molar-refractivity contribution in [2.45, 2.75) is 25.3 Å². The molecule has 1 aliphatic rings. The Kier molecular flexibility index (Phi) is 5.43. The number of thioether (sulfide) groups is 1. The first-order chi connectivity index (χ1) is 12.4. The van der Waals surface area contributed by atoms with Gasteiger partial charge in [-0.05, 0) is 31.0 Å². The zero-order valence-corrected chi connectivity index (χ0v) is 15.6. The summed E-state index contributed by atoms with van der Waals surface area (Å²) in [6.07, 6.45) is 3.84. The van der Waals surface area contributed by atoms with Crippen LogP contribution in [0.15, 0.2) is 35.6 Å². The third-order valence-corrected chi connectivity index (χ3v) is 5.24. The lowest BCUT2D eigenvalue weighted by Crippen LogP contribution is -2.32. The minimum Gasteiger partial charge on any atom is -0.379 e. The van der Waals surface area contributed by atoms with E-state index in [-0.39, 0.29) is 16.7 Å². The molecule has 6 nitrogen and oxygen atoms in total. The third kappa shape index (κ3) is 3.81. The van der Waals surface area contributed by atoms with Crippen LogP contribution in [-0.4, -0.2) is 26.8 Å². The van der Waals surface area contributed by atoms with Gasteiger partial charge in [0.25, 0.3) is 5.91 Å². The van der Waals surface area contributed by atoms with Crippen LogP contribution in [0.1, 0.15) is 35.8 Å². The molecule has 0 spiro atoms. The molecule has 2 heterocycles. The molecule has 0 bridgehead atoms. The van der Waals surface area contributed by atoms with Crippen molar-refractivity contribution in [3.63, 3.8) is 0 Å². The molecule has 3 N–H and O–H groups in total. The Morgan fingerprint density at radius 3 is 2.88 bits per heavy atom. The van der Waals surface area contributed by atoms with Crippen LogP contribution in [0.5, 0.6) is 0 Å². The number of hydrogen-bond acceptors (Lipinski definition) is 6. The second-order valence-corrected chi connectivity index (χ2v) is 7.31. The first-order valence-corrected chi connectivity index (χ1v) is 9.37. The number of nitrogens with one attached hydrogen (secondary N) is 1. The fraction of sp³-hybridized carbons (Fsp3) is 0.294. The standard InChI is InChI=1S/C17H17ClFN5OS/c1-2-17(5-6-26-16(20)24-17)11-7-10(3-4-12(11)19)23-15(25)13-8-22-14(18)9-21-13/h3-4,7-9H,2,5-6H2,1H3,(H2,20,24)(H,23,25)/t17-/m0/s1. The van der Waals surface area contributed by atoms with Crippen LogP contribution >= 0.6 is 23.4 Å². The van der Waals surface area contributed by atoms with Gasteiger partial charge in [-0.15, -0.1) is 0 Å². The van der Waals surface area contributed by atoms with E-state index < -0.39 is 11.4 Å². The van der Waals surface area contributed by atoms with Gasteiger partial charge in [0, 0.05) is 17.0 Å². The van der Waals surface area contributed by atoms with Crippen molar-refractivity contribution in [3.8, 4) is 0 Å². The lowest BCUT2D eigenvalue weighted by atomic mass is 9.84. The number of aromatic nitrogens is 2. The first kappa shape index (κ1) is 18.6. The van der Waals surface area contributed by atoms with E-state index in [4.69, 9.17) is 17.3 Å². The van der Waals surface area contributed by atoms with Crippen LogP contribution in [-0.2, 0) is 5.54 Å². The molecule has 1 atom stereocenters. The van der Waals surface area contributed by atoms with Gasteiger partial charge in [0.05, 0.1) is 17.9 Å². The zero-order valence-electron chi connectivity index (χ0n) is 14.0. The quantitative estimate of drug-likeness (QED) is 0.828. The van der Waals surface area contributed by atoms with E-state index in [2.05, 4.69) is 20.3 Å². The van der Waals surface area contributed by atoms with Gasteiger partial charge < -0.3 is 11.1 Å². The van der Waals surface area contributed by atoms with Crippen LogP contribution < -0.4 is 11.1 Å². The van der Waals surface area contributed by atoms with Crippen molar-refractivity contribution in [1.82, 2.24) is 9.97 Å². The van der Waals surface area contributed by atoms with Crippen molar-refractivity contribution in [2.75, 3.05) is 11.1 Å². The lowest BCUT2D eigenvalue weighted by Gasteiger charge is -2.33. The number of halogens is 2. The molecule has 0 unspecified atom stereocenters. The Hall–Kier alpha value is -2.19. The van der Waals surface area contributed by atoms with Gasteiger partial charge in [-0.2, -0.15) is 0 Å². The zero-order chi connectivity index (χ0) is 18.7.